The van der Waals surface area contributed by atoms with E-state index in [2.05, 4.69) is 80.6 Å². The summed E-state index contributed by atoms with van der Waals surface area (Å²) in [4.78, 5) is 24.9. The largest absolute Gasteiger partial charge is 0.477 e. The molecule has 5 aromatic rings. The van der Waals surface area contributed by atoms with Gasteiger partial charge in [-0.15, -0.1) is 0 Å². The van der Waals surface area contributed by atoms with Crippen LogP contribution >= 0.6 is 0 Å². The first-order valence-electron chi connectivity index (χ1n) is 19.4. The minimum Gasteiger partial charge on any atom is -0.477 e. The van der Waals surface area contributed by atoms with Crippen LogP contribution < -0.4 is 4.90 Å². The average molecular weight is 754 g/mol. The van der Waals surface area contributed by atoms with Crippen LogP contribution in [0.2, 0.25) is 0 Å². The lowest BCUT2D eigenvalue weighted by atomic mass is 9.93. The summed E-state index contributed by atoms with van der Waals surface area (Å²) in [5, 5.41) is 37.2. The van der Waals surface area contributed by atoms with Crippen molar-refractivity contribution >= 4 is 52.8 Å². The standard InChI is InChI=1S/C50H47N3O4/c1-3-5-7-9-36-11-21-41(22-12-36)48(42-23-13-37(14-24-42)10-8-6-4-2)33-40-19-29-47(30-20-40)53(45-25-15-38(16-26-45)31-43(34-51)49(54)55)46-27-17-39(18-28-46)32-44(35-52)50(56)57/h11-33H,3-10H2,1-2H3,(H,54,55)(H,56,57)/b43-31-,44-32+. The number of carboxylic acid groups (broad SMARTS) is 2. The third-order valence-electron chi connectivity index (χ3n) is 9.76. The summed E-state index contributed by atoms with van der Waals surface area (Å²) in [5.41, 5.74) is 9.91. The first-order chi connectivity index (χ1) is 27.7. The molecule has 2 N–H and O–H groups in total. The molecule has 0 aliphatic carbocycles. The molecule has 57 heavy (non-hydrogen) atoms. The zero-order valence-electron chi connectivity index (χ0n) is 32.5. The Labute approximate surface area is 335 Å². The Morgan fingerprint density at radius 2 is 0.842 bits per heavy atom. The van der Waals surface area contributed by atoms with Gasteiger partial charge in [0, 0.05) is 17.1 Å². The van der Waals surface area contributed by atoms with Crippen molar-refractivity contribution < 1.29 is 19.8 Å². The fourth-order valence-corrected chi connectivity index (χ4v) is 6.58. The van der Waals surface area contributed by atoms with Gasteiger partial charge in [0.05, 0.1) is 0 Å². The molecule has 7 heteroatoms. The van der Waals surface area contributed by atoms with Crippen LogP contribution in [0.3, 0.4) is 0 Å². The number of hydrogen-bond donors (Lipinski definition) is 2. The van der Waals surface area contributed by atoms with Crippen LogP contribution in [0.25, 0.3) is 23.8 Å². The normalized spacial score (nSPS) is 11.3. The molecule has 0 radical (unpaired) electrons. The molecule has 0 bridgehead atoms. The van der Waals surface area contributed by atoms with E-state index in [0.29, 0.717) is 11.1 Å². The predicted molar refractivity (Wildman–Crippen MR) is 230 cm³/mol. The maximum Gasteiger partial charge on any atom is 0.346 e. The Morgan fingerprint density at radius 3 is 1.14 bits per heavy atom. The second kappa shape index (κ2) is 20.6. The van der Waals surface area contributed by atoms with Gasteiger partial charge in [-0.05, 0) is 125 Å². The van der Waals surface area contributed by atoms with Crippen LogP contribution in [-0.2, 0) is 22.4 Å². The molecular weight excluding hydrogens is 707 g/mol. The number of rotatable bonds is 18. The van der Waals surface area contributed by atoms with Gasteiger partial charge in [-0.1, -0.05) is 124 Å². The van der Waals surface area contributed by atoms with Crippen LogP contribution in [-0.4, -0.2) is 22.2 Å². The van der Waals surface area contributed by atoms with Gasteiger partial charge in [0.1, 0.15) is 23.3 Å². The average Bonchev–Trinajstić information content (AvgIpc) is 3.23. The van der Waals surface area contributed by atoms with Gasteiger partial charge in [-0.2, -0.15) is 10.5 Å². The molecule has 0 atom stereocenters. The topological polar surface area (TPSA) is 125 Å². The quantitative estimate of drug-likeness (QED) is 0.0395. The number of benzene rings is 5. The number of unbranched alkanes of at least 4 members (excludes halogenated alkanes) is 4. The van der Waals surface area contributed by atoms with Gasteiger partial charge in [0.25, 0.3) is 0 Å². The van der Waals surface area contributed by atoms with Crippen LogP contribution in [0.4, 0.5) is 17.1 Å². The first-order valence-corrected chi connectivity index (χ1v) is 19.4. The monoisotopic (exact) mass is 753 g/mol. The summed E-state index contributed by atoms with van der Waals surface area (Å²) in [5.74, 6) is -2.59. The highest BCUT2D eigenvalue weighted by Crippen LogP contribution is 2.36. The fourth-order valence-electron chi connectivity index (χ4n) is 6.58. The highest BCUT2D eigenvalue weighted by atomic mass is 16.4. The van der Waals surface area contributed by atoms with Crippen LogP contribution in [0.1, 0.15) is 91.3 Å². The van der Waals surface area contributed by atoms with E-state index in [9.17, 15) is 30.3 Å². The van der Waals surface area contributed by atoms with Gasteiger partial charge >= 0.3 is 11.9 Å². The van der Waals surface area contributed by atoms with Crippen molar-refractivity contribution in [3.8, 4) is 12.1 Å². The molecule has 5 aromatic carbocycles. The van der Waals surface area contributed by atoms with E-state index in [4.69, 9.17) is 0 Å². The van der Waals surface area contributed by atoms with Gasteiger partial charge in [-0.25, -0.2) is 9.59 Å². The van der Waals surface area contributed by atoms with Crippen molar-refractivity contribution in [2.75, 3.05) is 4.90 Å². The molecule has 0 saturated heterocycles. The van der Waals surface area contributed by atoms with E-state index in [1.807, 2.05) is 41.3 Å². The fraction of sp³-hybridized carbons (Fsp3) is 0.200. The molecule has 0 unspecified atom stereocenters. The number of aryl methyl sites for hydroxylation is 2. The van der Waals surface area contributed by atoms with E-state index >= 15 is 0 Å². The van der Waals surface area contributed by atoms with Crippen molar-refractivity contribution in [3.63, 3.8) is 0 Å². The first kappa shape index (κ1) is 41.2. The molecule has 5 rings (SSSR count). The van der Waals surface area contributed by atoms with Crippen LogP contribution in [0.15, 0.2) is 132 Å². The smallest absolute Gasteiger partial charge is 0.346 e. The highest BCUT2D eigenvalue weighted by molar-refractivity contribution is 5.97. The molecule has 7 nitrogen and oxygen atoms in total. The number of hydrogen-bond acceptors (Lipinski definition) is 5. The zero-order valence-corrected chi connectivity index (χ0v) is 32.5. The summed E-state index contributed by atoms with van der Waals surface area (Å²) in [6, 6.07) is 43.9. The van der Waals surface area contributed by atoms with E-state index in [-0.39, 0.29) is 11.1 Å². The minimum absolute atomic E-state index is 0.366. The van der Waals surface area contributed by atoms with Gasteiger partial charge in [0.2, 0.25) is 0 Å². The Kier molecular flexibility index (Phi) is 14.9. The molecule has 0 heterocycles. The number of carbonyl (C=O) groups is 2. The highest BCUT2D eigenvalue weighted by Gasteiger charge is 2.15. The Bertz CT molecular complexity index is 2160. The van der Waals surface area contributed by atoms with Crippen molar-refractivity contribution in [2.24, 2.45) is 0 Å². The summed E-state index contributed by atoms with van der Waals surface area (Å²) in [6.07, 6.45) is 14.2. The SMILES string of the molecule is CCCCCc1ccc(C(=Cc2ccc(N(c3ccc(/C=C(/C#N)C(=O)O)cc3)c3ccc(/C=C(\C#N)C(=O)O)cc3)cc2)c2ccc(CCCCC)cc2)cc1. The van der Waals surface area contributed by atoms with E-state index < -0.39 is 11.9 Å². The Hall–Kier alpha value is -6.96. The summed E-state index contributed by atoms with van der Waals surface area (Å²) in [7, 11) is 0. The van der Waals surface area contributed by atoms with Crippen molar-refractivity contribution in [3.05, 3.63) is 171 Å². The second-order valence-electron chi connectivity index (χ2n) is 13.9. The molecule has 0 spiro atoms. The van der Waals surface area contributed by atoms with Gasteiger partial charge in [0.15, 0.2) is 0 Å². The van der Waals surface area contributed by atoms with Crippen molar-refractivity contribution in [1.82, 2.24) is 0 Å². The predicted octanol–water partition coefficient (Wildman–Crippen LogP) is 12.2. The van der Waals surface area contributed by atoms with Crippen LogP contribution in [0, 0.1) is 22.7 Å². The Balaban J connectivity index is 1.53. The number of aliphatic carboxylic acids is 2. The number of nitriles is 2. The number of anilines is 3. The molecule has 0 fully saturated rings. The van der Waals surface area contributed by atoms with E-state index in [0.717, 1.165) is 52.2 Å². The van der Waals surface area contributed by atoms with E-state index in [1.165, 1.54) is 61.8 Å². The molecule has 0 amide bonds. The summed E-state index contributed by atoms with van der Waals surface area (Å²) in [6.45, 7) is 4.45. The van der Waals surface area contributed by atoms with Crippen molar-refractivity contribution in [2.45, 2.75) is 65.2 Å². The van der Waals surface area contributed by atoms with Gasteiger partial charge in [-0.3, -0.25) is 0 Å². The number of nitrogens with zero attached hydrogens (tertiary/aromatic N) is 3. The third kappa shape index (κ3) is 11.5. The Morgan fingerprint density at radius 1 is 0.509 bits per heavy atom. The van der Waals surface area contributed by atoms with Crippen LogP contribution in [0.5, 0.6) is 0 Å². The molecular formula is C50H47N3O4. The molecule has 0 saturated carbocycles. The molecule has 286 valence electrons. The molecule has 0 aliphatic rings. The van der Waals surface area contributed by atoms with E-state index in [1.54, 1.807) is 36.4 Å². The maximum absolute atomic E-state index is 11.4. The second-order valence-corrected chi connectivity index (χ2v) is 13.9. The lowest BCUT2D eigenvalue weighted by Crippen LogP contribution is -2.10. The minimum atomic E-state index is -1.30. The third-order valence-corrected chi connectivity index (χ3v) is 9.76. The lowest BCUT2D eigenvalue weighted by molar-refractivity contribution is -0.133. The zero-order chi connectivity index (χ0) is 40.6. The summed E-state index contributed by atoms with van der Waals surface area (Å²) >= 11 is 0. The van der Waals surface area contributed by atoms with Crippen molar-refractivity contribution in [1.29, 1.82) is 10.5 Å². The maximum atomic E-state index is 11.4. The lowest BCUT2D eigenvalue weighted by Gasteiger charge is -2.26. The molecule has 0 aliphatic heterocycles. The molecule has 0 aromatic heterocycles. The van der Waals surface area contributed by atoms with Gasteiger partial charge < -0.3 is 15.1 Å². The summed E-state index contributed by atoms with van der Waals surface area (Å²) < 4.78 is 0. The number of carboxylic acids is 2.